The Hall–Kier alpha value is -1.00. The minimum atomic E-state index is 0.288. The van der Waals surface area contributed by atoms with Gasteiger partial charge in [-0.25, -0.2) is 9.97 Å². The van der Waals surface area contributed by atoms with E-state index in [4.69, 9.17) is 0 Å². The van der Waals surface area contributed by atoms with Crippen LogP contribution in [0.2, 0.25) is 0 Å². The second-order valence-electron chi connectivity index (χ2n) is 6.27. The molecule has 1 aliphatic heterocycles. The van der Waals surface area contributed by atoms with Crippen LogP contribution in [0.4, 0.5) is 0 Å². The summed E-state index contributed by atoms with van der Waals surface area (Å²) in [7, 11) is 0. The molecular formula is C14H24N4. The maximum absolute atomic E-state index is 4.32. The SMILES string of the molecule is CC1CNC(C(C)(C)C)CN1Cc1ncccn1. The van der Waals surface area contributed by atoms with Crippen molar-refractivity contribution in [3.63, 3.8) is 0 Å². The van der Waals surface area contributed by atoms with E-state index in [2.05, 4.69) is 47.9 Å². The van der Waals surface area contributed by atoms with Gasteiger partial charge < -0.3 is 5.32 Å². The highest BCUT2D eigenvalue weighted by Crippen LogP contribution is 2.23. The first-order chi connectivity index (χ1) is 8.47. The van der Waals surface area contributed by atoms with Crippen molar-refractivity contribution in [3.8, 4) is 0 Å². The lowest BCUT2D eigenvalue weighted by atomic mass is 9.85. The molecule has 0 bridgehead atoms. The van der Waals surface area contributed by atoms with E-state index in [0.29, 0.717) is 12.1 Å². The Kier molecular flexibility index (Phi) is 3.97. The molecule has 0 aromatic carbocycles. The first-order valence-corrected chi connectivity index (χ1v) is 6.70. The lowest BCUT2D eigenvalue weighted by molar-refractivity contribution is 0.0855. The Labute approximate surface area is 110 Å². The monoisotopic (exact) mass is 248 g/mol. The van der Waals surface area contributed by atoms with Gasteiger partial charge in [0.1, 0.15) is 5.82 Å². The number of nitrogens with zero attached hydrogens (tertiary/aromatic N) is 3. The van der Waals surface area contributed by atoms with Crippen molar-refractivity contribution in [2.24, 2.45) is 5.41 Å². The van der Waals surface area contributed by atoms with E-state index in [9.17, 15) is 0 Å². The van der Waals surface area contributed by atoms with E-state index in [1.807, 2.05) is 18.5 Å². The van der Waals surface area contributed by atoms with E-state index in [0.717, 1.165) is 25.5 Å². The number of nitrogens with one attached hydrogen (secondary N) is 1. The van der Waals surface area contributed by atoms with Crippen LogP contribution in [0, 0.1) is 5.41 Å². The standard InChI is InChI=1S/C14H24N4/c1-11-8-17-12(14(2,3)4)9-18(11)10-13-15-6-5-7-16-13/h5-7,11-12,17H,8-10H2,1-4H3. The highest BCUT2D eigenvalue weighted by molar-refractivity contribution is 4.94. The summed E-state index contributed by atoms with van der Waals surface area (Å²) in [6, 6.07) is 2.92. The molecule has 1 fully saturated rings. The highest BCUT2D eigenvalue weighted by Gasteiger charge is 2.32. The summed E-state index contributed by atoms with van der Waals surface area (Å²) in [6.07, 6.45) is 3.63. The number of hydrogen-bond acceptors (Lipinski definition) is 4. The average Bonchev–Trinajstić information content (AvgIpc) is 2.32. The maximum atomic E-state index is 4.32. The zero-order valence-electron chi connectivity index (χ0n) is 11.8. The van der Waals surface area contributed by atoms with Gasteiger partial charge in [0.2, 0.25) is 0 Å². The summed E-state index contributed by atoms with van der Waals surface area (Å²) in [5, 5.41) is 3.64. The zero-order valence-corrected chi connectivity index (χ0v) is 11.8. The largest absolute Gasteiger partial charge is 0.311 e. The van der Waals surface area contributed by atoms with Gasteiger partial charge in [-0.15, -0.1) is 0 Å². The van der Waals surface area contributed by atoms with Crippen molar-refractivity contribution < 1.29 is 0 Å². The molecule has 2 unspecified atom stereocenters. The van der Waals surface area contributed by atoms with Crippen LogP contribution in [-0.4, -0.2) is 40.0 Å². The van der Waals surface area contributed by atoms with Gasteiger partial charge in [-0.05, 0) is 18.4 Å². The second kappa shape index (κ2) is 5.33. The number of rotatable bonds is 2. The molecule has 0 saturated carbocycles. The van der Waals surface area contributed by atoms with Crippen molar-refractivity contribution in [2.75, 3.05) is 13.1 Å². The van der Waals surface area contributed by atoms with Crippen LogP contribution >= 0.6 is 0 Å². The third-order valence-electron chi connectivity index (χ3n) is 3.71. The predicted molar refractivity (Wildman–Crippen MR) is 73.1 cm³/mol. The molecule has 2 rings (SSSR count). The van der Waals surface area contributed by atoms with Crippen molar-refractivity contribution >= 4 is 0 Å². The molecular weight excluding hydrogens is 224 g/mol. The first kappa shape index (κ1) is 13.4. The Balaban J connectivity index is 2.02. The van der Waals surface area contributed by atoms with Crippen molar-refractivity contribution in [2.45, 2.75) is 46.3 Å². The van der Waals surface area contributed by atoms with Crippen molar-refractivity contribution in [1.29, 1.82) is 0 Å². The van der Waals surface area contributed by atoms with E-state index in [-0.39, 0.29) is 5.41 Å². The smallest absolute Gasteiger partial charge is 0.142 e. The van der Waals surface area contributed by atoms with Crippen molar-refractivity contribution in [3.05, 3.63) is 24.3 Å². The molecule has 1 aliphatic rings. The van der Waals surface area contributed by atoms with Gasteiger partial charge in [0.15, 0.2) is 0 Å². The zero-order chi connectivity index (χ0) is 13.2. The third kappa shape index (κ3) is 3.27. The van der Waals surface area contributed by atoms with Gasteiger partial charge in [-0.2, -0.15) is 0 Å². The summed E-state index contributed by atoms with van der Waals surface area (Å²) in [5.41, 5.74) is 0.288. The van der Waals surface area contributed by atoms with E-state index in [1.165, 1.54) is 0 Å². The molecule has 0 radical (unpaired) electrons. The molecule has 18 heavy (non-hydrogen) atoms. The van der Waals surface area contributed by atoms with Gasteiger partial charge in [-0.3, -0.25) is 4.90 Å². The van der Waals surface area contributed by atoms with Crippen molar-refractivity contribution in [1.82, 2.24) is 20.2 Å². The number of piperazine rings is 1. The van der Waals surface area contributed by atoms with Gasteiger partial charge in [-0.1, -0.05) is 20.8 Å². The van der Waals surface area contributed by atoms with Crippen LogP contribution in [0.3, 0.4) is 0 Å². The van der Waals surface area contributed by atoms with E-state index in [1.54, 1.807) is 0 Å². The minimum absolute atomic E-state index is 0.288. The Morgan fingerprint density at radius 3 is 2.61 bits per heavy atom. The molecule has 1 N–H and O–H groups in total. The number of hydrogen-bond donors (Lipinski definition) is 1. The van der Waals surface area contributed by atoms with Gasteiger partial charge in [0, 0.05) is 37.6 Å². The average molecular weight is 248 g/mol. The molecule has 1 aromatic rings. The fourth-order valence-corrected chi connectivity index (χ4v) is 2.31. The lowest BCUT2D eigenvalue weighted by Gasteiger charge is -2.43. The molecule has 2 atom stereocenters. The molecule has 0 spiro atoms. The van der Waals surface area contributed by atoms with Crippen LogP contribution in [0.25, 0.3) is 0 Å². The molecule has 2 heterocycles. The Bertz CT molecular complexity index is 371. The third-order valence-corrected chi connectivity index (χ3v) is 3.71. The molecule has 4 nitrogen and oxygen atoms in total. The predicted octanol–water partition coefficient (Wildman–Crippen LogP) is 1.68. The maximum Gasteiger partial charge on any atom is 0.142 e. The quantitative estimate of drug-likeness (QED) is 0.864. The Morgan fingerprint density at radius 2 is 2.00 bits per heavy atom. The first-order valence-electron chi connectivity index (χ1n) is 6.70. The van der Waals surface area contributed by atoms with Crippen LogP contribution in [0.1, 0.15) is 33.5 Å². The molecule has 0 amide bonds. The fourth-order valence-electron chi connectivity index (χ4n) is 2.31. The van der Waals surface area contributed by atoms with Crippen LogP contribution in [0.5, 0.6) is 0 Å². The van der Waals surface area contributed by atoms with E-state index < -0.39 is 0 Å². The van der Waals surface area contributed by atoms with Gasteiger partial charge in [0.25, 0.3) is 0 Å². The summed E-state index contributed by atoms with van der Waals surface area (Å²) in [6.45, 7) is 12.1. The van der Waals surface area contributed by atoms with E-state index >= 15 is 0 Å². The summed E-state index contributed by atoms with van der Waals surface area (Å²) in [4.78, 5) is 11.1. The lowest BCUT2D eigenvalue weighted by Crippen LogP contribution is -2.59. The molecule has 4 heteroatoms. The molecule has 1 aromatic heterocycles. The summed E-state index contributed by atoms with van der Waals surface area (Å²) >= 11 is 0. The topological polar surface area (TPSA) is 41.0 Å². The van der Waals surface area contributed by atoms with Gasteiger partial charge in [0.05, 0.1) is 6.54 Å². The fraction of sp³-hybridized carbons (Fsp3) is 0.714. The normalized spacial score (nSPS) is 26.2. The molecule has 0 aliphatic carbocycles. The minimum Gasteiger partial charge on any atom is -0.311 e. The number of aromatic nitrogens is 2. The highest BCUT2D eigenvalue weighted by atomic mass is 15.2. The van der Waals surface area contributed by atoms with Gasteiger partial charge >= 0.3 is 0 Å². The second-order valence-corrected chi connectivity index (χ2v) is 6.27. The Morgan fingerprint density at radius 1 is 1.33 bits per heavy atom. The summed E-state index contributed by atoms with van der Waals surface area (Å²) in [5.74, 6) is 0.916. The molecule has 100 valence electrons. The molecule has 1 saturated heterocycles. The summed E-state index contributed by atoms with van der Waals surface area (Å²) < 4.78 is 0. The van der Waals surface area contributed by atoms with Crippen LogP contribution in [-0.2, 0) is 6.54 Å². The van der Waals surface area contributed by atoms with Crippen LogP contribution in [0.15, 0.2) is 18.5 Å². The van der Waals surface area contributed by atoms with Crippen LogP contribution < -0.4 is 5.32 Å².